The van der Waals surface area contributed by atoms with Gasteiger partial charge in [0.05, 0.1) is 24.3 Å². The molecule has 27 heavy (non-hydrogen) atoms. The van der Waals surface area contributed by atoms with E-state index in [0.717, 1.165) is 31.9 Å². The van der Waals surface area contributed by atoms with E-state index >= 15 is 0 Å². The van der Waals surface area contributed by atoms with Crippen molar-refractivity contribution < 1.29 is 22.7 Å². The van der Waals surface area contributed by atoms with Gasteiger partial charge in [-0.2, -0.15) is 0 Å². The summed E-state index contributed by atoms with van der Waals surface area (Å²) in [5, 5.41) is 0. The van der Waals surface area contributed by atoms with Crippen molar-refractivity contribution in [2.24, 2.45) is 0 Å². The number of halogens is 2. The number of hydrogen-bond donors (Lipinski definition) is 0. The molecule has 1 aliphatic heterocycles. The zero-order chi connectivity index (χ0) is 19.4. The Balaban J connectivity index is 1.76. The van der Waals surface area contributed by atoms with Crippen LogP contribution in [0.2, 0.25) is 0 Å². The van der Waals surface area contributed by atoms with Crippen molar-refractivity contribution in [1.82, 2.24) is 9.88 Å². The first-order valence-electron chi connectivity index (χ1n) is 9.29. The summed E-state index contributed by atoms with van der Waals surface area (Å²) in [5.41, 5.74) is 0.831. The van der Waals surface area contributed by atoms with Crippen LogP contribution in [0.5, 0.6) is 0 Å². The van der Waals surface area contributed by atoms with Gasteiger partial charge in [-0.15, -0.1) is 0 Å². The van der Waals surface area contributed by atoms with E-state index in [2.05, 4.69) is 9.88 Å². The lowest BCUT2D eigenvalue weighted by Gasteiger charge is -2.34. The fraction of sp³-hybridized carbons (Fsp3) is 0.500. The summed E-state index contributed by atoms with van der Waals surface area (Å²) in [4.78, 5) is 18.5. The highest BCUT2D eigenvalue weighted by Gasteiger charge is 2.27. The molecule has 1 aromatic heterocycles. The molecule has 146 valence electrons. The van der Waals surface area contributed by atoms with Crippen LogP contribution in [-0.4, -0.2) is 35.0 Å². The zero-order valence-electron chi connectivity index (χ0n) is 15.6. The molecule has 2 heterocycles. The highest BCUT2D eigenvalue weighted by Crippen LogP contribution is 2.28. The summed E-state index contributed by atoms with van der Waals surface area (Å²) in [6.45, 7) is 5.32. The molecule has 0 aliphatic carbocycles. The third-order valence-electron chi connectivity index (χ3n) is 4.86. The summed E-state index contributed by atoms with van der Waals surface area (Å²) in [6, 6.07) is 3.41. The normalized spacial score (nSPS) is 17.9. The van der Waals surface area contributed by atoms with Crippen molar-refractivity contribution in [3.63, 3.8) is 0 Å². The SMILES string of the molecule is CCOC(=O)CC1CCCCN1Cc1nc(-c2ccc(F)cc2F)oc1C. The molecule has 0 amide bonds. The maximum Gasteiger partial charge on any atom is 0.307 e. The van der Waals surface area contributed by atoms with Crippen molar-refractivity contribution in [2.45, 2.75) is 52.1 Å². The standard InChI is InChI=1S/C20H24F2N2O3/c1-3-26-19(25)11-15-6-4-5-9-24(15)12-18-13(2)27-20(23-18)16-8-7-14(21)10-17(16)22/h7-8,10,15H,3-6,9,11-12H2,1-2H3. The van der Waals surface area contributed by atoms with Crippen molar-refractivity contribution in [2.75, 3.05) is 13.2 Å². The predicted molar refractivity (Wildman–Crippen MR) is 95.9 cm³/mol. The summed E-state index contributed by atoms with van der Waals surface area (Å²) >= 11 is 0. The Morgan fingerprint density at radius 1 is 1.37 bits per heavy atom. The maximum atomic E-state index is 14.0. The molecule has 1 aliphatic rings. The minimum Gasteiger partial charge on any atom is -0.466 e. The number of piperidine rings is 1. The lowest BCUT2D eigenvalue weighted by Crippen LogP contribution is -2.40. The molecule has 1 saturated heterocycles. The second-order valence-electron chi connectivity index (χ2n) is 6.78. The van der Waals surface area contributed by atoms with E-state index in [4.69, 9.17) is 9.15 Å². The Morgan fingerprint density at radius 2 is 2.19 bits per heavy atom. The van der Waals surface area contributed by atoms with E-state index in [0.29, 0.717) is 31.0 Å². The van der Waals surface area contributed by atoms with Gasteiger partial charge >= 0.3 is 5.97 Å². The van der Waals surface area contributed by atoms with Crippen LogP contribution in [0, 0.1) is 18.6 Å². The van der Waals surface area contributed by atoms with Crippen LogP contribution in [0.1, 0.15) is 44.1 Å². The van der Waals surface area contributed by atoms with E-state index in [-0.39, 0.29) is 23.5 Å². The molecule has 3 rings (SSSR count). The zero-order valence-corrected chi connectivity index (χ0v) is 15.6. The molecular weight excluding hydrogens is 354 g/mol. The average Bonchev–Trinajstić information content (AvgIpc) is 2.97. The van der Waals surface area contributed by atoms with Gasteiger partial charge in [0, 0.05) is 18.7 Å². The van der Waals surface area contributed by atoms with Gasteiger partial charge in [0.25, 0.3) is 0 Å². The number of aryl methyl sites for hydroxylation is 1. The average molecular weight is 378 g/mol. The molecule has 7 heteroatoms. The highest BCUT2D eigenvalue weighted by atomic mass is 19.1. The second-order valence-corrected chi connectivity index (χ2v) is 6.78. The van der Waals surface area contributed by atoms with Gasteiger partial charge in [-0.1, -0.05) is 6.42 Å². The fourth-order valence-corrected chi connectivity index (χ4v) is 3.46. The number of likely N-dealkylation sites (tertiary alicyclic amines) is 1. The Labute approximate surface area is 157 Å². The van der Waals surface area contributed by atoms with Crippen molar-refractivity contribution in [1.29, 1.82) is 0 Å². The predicted octanol–water partition coefficient (Wildman–Crippen LogP) is 4.24. The van der Waals surface area contributed by atoms with Gasteiger partial charge in [-0.3, -0.25) is 9.69 Å². The van der Waals surface area contributed by atoms with Gasteiger partial charge in [-0.05, 0) is 45.4 Å². The number of oxazole rings is 1. The molecule has 0 bridgehead atoms. The van der Waals surface area contributed by atoms with Gasteiger partial charge in [0.2, 0.25) is 5.89 Å². The van der Waals surface area contributed by atoms with E-state index in [9.17, 15) is 13.6 Å². The quantitative estimate of drug-likeness (QED) is 0.704. The smallest absolute Gasteiger partial charge is 0.307 e. The molecule has 1 atom stereocenters. The van der Waals surface area contributed by atoms with Gasteiger partial charge < -0.3 is 9.15 Å². The number of nitrogens with zero attached hydrogens (tertiary/aromatic N) is 2. The molecule has 0 spiro atoms. The largest absolute Gasteiger partial charge is 0.466 e. The number of benzene rings is 1. The first-order chi connectivity index (χ1) is 13.0. The number of ether oxygens (including phenoxy) is 1. The maximum absolute atomic E-state index is 14.0. The first kappa shape index (κ1) is 19.5. The van der Waals surface area contributed by atoms with E-state index in [1.165, 1.54) is 12.1 Å². The Kier molecular flexibility index (Phi) is 6.21. The fourth-order valence-electron chi connectivity index (χ4n) is 3.46. The molecule has 0 N–H and O–H groups in total. The van der Waals surface area contributed by atoms with Crippen molar-refractivity contribution in [3.8, 4) is 11.5 Å². The minimum atomic E-state index is -0.707. The second kappa shape index (κ2) is 8.61. The number of rotatable bonds is 6. The Morgan fingerprint density at radius 3 is 2.93 bits per heavy atom. The van der Waals surface area contributed by atoms with Crippen LogP contribution in [0.15, 0.2) is 22.6 Å². The molecule has 5 nitrogen and oxygen atoms in total. The third-order valence-corrected chi connectivity index (χ3v) is 4.86. The number of hydrogen-bond acceptors (Lipinski definition) is 5. The summed E-state index contributed by atoms with van der Waals surface area (Å²) in [7, 11) is 0. The lowest BCUT2D eigenvalue weighted by atomic mass is 9.99. The topological polar surface area (TPSA) is 55.6 Å². The van der Waals surface area contributed by atoms with Gasteiger partial charge in [-0.25, -0.2) is 13.8 Å². The monoisotopic (exact) mass is 378 g/mol. The van der Waals surface area contributed by atoms with E-state index in [1.807, 2.05) is 0 Å². The highest BCUT2D eigenvalue weighted by molar-refractivity contribution is 5.70. The summed E-state index contributed by atoms with van der Waals surface area (Å²) in [6.07, 6.45) is 3.40. The molecular formula is C20H24F2N2O3. The molecule has 1 fully saturated rings. The molecule has 0 saturated carbocycles. The number of carbonyl (C=O) groups excluding carboxylic acids is 1. The van der Waals surface area contributed by atoms with Crippen LogP contribution >= 0.6 is 0 Å². The molecule has 1 aromatic carbocycles. The van der Waals surface area contributed by atoms with Crippen molar-refractivity contribution >= 4 is 5.97 Å². The van der Waals surface area contributed by atoms with E-state index < -0.39 is 11.6 Å². The van der Waals surface area contributed by atoms with Gasteiger partial charge in [0.15, 0.2) is 0 Å². The summed E-state index contributed by atoms with van der Waals surface area (Å²) in [5.74, 6) is -0.815. The molecule has 1 unspecified atom stereocenters. The van der Waals surface area contributed by atoms with Crippen LogP contribution in [-0.2, 0) is 16.1 Å². The van der Waals surface area contributed by atoms with E-state index in [1.54, 1.807) is 13.8 Å². The Bertz CT molecular complexity index is 807. The van der Waals surface area contributed by atoms with Crippen LogP contribution in [0.25, 0.3) is 11.5 Å². The number of aromatic nitrogens is 1. The van der Waals surface area contributed by atoms with Crippen LogP contribution < -0.4 is 0 Å². The lowest BCUT2D eigenvalue weighted by molar-refractivity contribution is -0.145. The van der Waals surface area contributed by atoms with Crippen LogP contribution in [0.4, 0.5) is 8.78 Å². The van der Waals surface area contributed by atoms with Crippen molar-refractivity contribution in [3.05, 3.63) is 41.3 Å². The summed E-state index contributed by atoms with van der Waals surface area (Å²) < 4.78 is 37.8. The van der Waals surface area contributed by atoms with Gasteiger partial charge in [0.1, 0.15) is 17.4 Å². The molecule has 2 aromatic rings. The third kappa shape index (κ3) is 4.71. The molecule has 0 radical (unpaired) electrons. The minimum absolute atomic E-state index is 0.0971. The van der Waals surface area contributed by atoms with Crippen LogP contribution in [0.3, 0.4) is 0 Å². The number of carbonyl (C=O) groups is 1. The first-order valence-corrected chi connectivity index (χ1v) is 9.29. The Hall–Kier alpha value is -2.28. The number of esters is 1.